The maximum absolute atomic E-state index is 14.4. The first-order valence-corrected chi connectivity index (χ1v) is 8.93. The number of halogens is 1. The third kappa shape index (κ3) is 4.39. The Hall–Kier alpha value is -2.72. The number of nitrogens with two attached hydrogens (primary N) is 1. The van der Waals surface area contributed by atoms with Crippen molar-refractivity contribution in [1.82, 2.24) is 4.90 Å². The van der Waals surface area contributed by atoms with Crippen molar-refractivity contribution in [3.05, 3.63) is 24.0 Å². The number of morpholine rings is 1. The zero-order valence-electron chi connectivity index (χ0n) is 15.5. The largest absolute Gasteiger partial charge is 0.379 e. The SMILES string of the molecule is CO[C@@H]1CN(C(N)=O)CC1CC(=O)Nc1ccc(N2CCOCC2=O)cc1F. The van der Waals surface area contributed by atoms with Crippen LogP contribution in [0, 0.1) is 11.7 Å². The van der Waals surface area contributed by atoms with Crippen LogP contribution in [0.15, 0.2) is 18.2 Å². The molecule has 10 heteroatoms. The van der Waals surface area contributed by atoms with Crippen molar-refractivity contribution in [2.24, 2.45) is 11.7 Å². The Bertz CT molecular complexity index is 774. The summed E-state index contributed by atoms with van der Waals surface area (Å²) in [6, 6.07) is 3.64. The topological polar surface area (TPSA) is 114 Å². The number of carbonyl (C=O) groups is 3. The predicted octanol–water partition coefficient (Wildman–Crippen LogP) is 0.543. The maximum Gasteiger partial charge on any atom is 0.314 e. The van der Waals surface area contributed by atoms with Crippen molar-refractivity contribution >= 4 is 29.2 Å². The van der Waals surface area contributed by atoms with Gasteiger partial charge in [0.1, 0.15) is 12.4 Å². The minimum absolute atomic E-state index is 0.0215. The van der Waals surface area contributed by atoms with Crippen molar-refractivity contribution in [3.63, 3.8) is 0 Å². The monoisotopic (exact) mass is 394 g/mol. The highest BCUT2D eigenvalue weighted by atomic mass is 19.1. The minimum Gasteiger partial charge on any atom is -0.379 e. The number of ether oxygens (including phenoxy) is 2. The quantitative estimate of drug-likeness (QED) is 0.757. The zero-order chi connectivity index (χ0) is 20.3. The predicted molar refractivity (Wildman–Crippen MR) is 98.3 cm³/mol. The number of benzene rings is 1. The summed E-state index contributed by atoms with van der Waals surface area (Å²) in [6.07, 6.45) is -0.247. The molecule has 0 aromatic heterocycles. The molecule has 0 saturated carbocycles. The molecule has 2 heterocycles. The molecule has 1 aromatic rings. The molecule has 0 bridgehead atoms. The first kappa shape index (κ1) is 20.0. The van der Waals surface area contributed by atoms with E-state index in [1.54, 1.807) is 6.07 Å². The van der Waals surface area contributed by atoms with Crippen LogP contribution in [0.2, 0.25) is 0 Å². The normalized spacial score (nSPS) is 22.4. The van der Waals surface area contributed by atoms with Gasteiger partial charge in [-0.05, 0) is 18.2 Å². The van der Waals surface area contributed by atoms with Gasteiger partial charge in [-0.1, -0.05) is 0 Å². The van der Waals surface area contributed by atoms with Gasteiger partial charge < -0.3 is 30.3 Å². The lowest BCUT2D eigenvalue weighted by Gasteiger charge is -2.27. The number of rotatable bonds is 5. The summed E-state index contributed by atoms with van der Waals surface area (Å²) < 4.78 is 24.8. The number of anilines is 2. The zero-order valence-corrected chi connectivity index (χ0v) is 15.5. The fourth-order valence-electron chi connectivity index (χ4n) is 3.49. The van der Waals surface area contributed by atoms with Crippen LogP contribution < -0.4 is 16.0 Å². The molecule has 2 aliphatic heterocycles. The van der Waals surface area contributed by atoms with Gasteiger partial charge in [0, 0.05) is 44.8 Å². The van der Waals surface area contributed by atoms with E-state index in [9.17, 15) is 18.8 Å². The molecule has 4 amide bonds. The third-order valence-electron chi connectivity index (χ3n) is 4.97. The molecule has 152 valence electrons. The smallest absolute Gasteiger partial charge is 0.314 e. The van der Waals surface area contributed by atoms with Crippen molar-refractivity contribution < 1.29 is 28.2 Å². The van der Waals surface area contributed by atoms with Gasteiger partial charge in [-0.25, -0.2) is 9.18 Å². The number of amides is 4. The van der Waals surface area contributed by atoms with E-state index in [2.05, 4.69) is 5.32 Å². The van der Waals surface area contributed by atoms with Crippen LogP contribution >= 0.6 is 0 Å². The Balaban J connectivity index is 1.62. The number of likely N-dealkylation sites (tertiary alicyclic amines) is 1. The summed E-state index contributed by atoms with van der Waals surface area (Å²) in [5.41, 5.74) is 5.72. The van der Waals surface area contributed by atoms with Crippen LogP contribution in [-0.2, 0) is 19.1 Å². The lowest BCUT2D eigenvalue weighted by molar-refractivity contribution is -0.125. The fourth-order valence-corrected chi connectivity index (χ4v) is 3.49. The summed E-state index contributed by atoms with van der Waals surface area (Å²) in [7, 11) is 1.51. The Kier molecular flexibility index (Phi) is 6.10. The Morgan fingerprint density at radius 3 is 2.82 bits per heavy atom. The molecule has 2 aliphatic rings. The van der Waals surface area contributed by atoms with E-state index in [4.69, 9.17) is 15.2 Å². The van der Waals surface area contributed by atoms with Crippen molar-refractivity contribution in [3.8, 4) is 0 Å². The molecule has 0 radical (unpaired) electrons. The van der Waals surface area contributed by atoms with Gasteiger partial charge >= 0.3 is 6.03 Å². The third-order valence-corrected chi connectivity index (χ3v) is 4.97. The van der Waals surface area contributed by atoms with E-state index in [0.29, 0.717) is 31.9 Å². The van der Waals surface area contributed by atoms with Crippen LogP contribution in [0.4, 0.5) is 20.6 Å². The number of methoxy groups -OCH3 is 1. The molecule has 0 aliphatic carbocycles. The maximum atomic E-state index is 14.4. The second-order valence-electron chi connectivity index (χ2n) is 6.79. The van der Waals surface area contributed by atoms with Crippen LogP contribution in [0.3, 0.4) is 0 Å². The molecular formula is C18H23FN4O5. The van der Waals surface area contributed by atoms with Crippen LogP contribution in [0.5, 0.6) is 0 Å². The summed E-state index contributed by atoms with van der Waals surface area (Å²) in [5.74, 6) is -1.51. The number of hydrogen-bond donors (Lipinski definition) is 2. The lowest BCUT2D eigenvalue weighted by Crippen LogP contribution is -2.41. The fraction of sp³-hybridized carbons (Fsp3) is 0.500. The number of nitrogens with zero attached hydrogens (tertiary/aromatic N) is 2. The highest BCUT2D eigenvalue weighted by molar-refractivity contribution is 5.96. The molecule has 1 aromatic carbocycles. The van der Waals surface area contributed by atoms with Crippen molar-refractivity contribution in [2.75, 3.05) is 50.2 Å². The molecule has 2 fully saturated rings. The number of nitrogens with one attached hydrogen (secondary N) is 1. The van der Waals surface area contributed by atoms with Crippen LogP contribution in [0.1, 0.15) is 6.42 Å². The molecule has 3 rings (SSSR count). The molecule has 9 nitrogen and oxygen atoms in total. The second-order valence-corrected chi connectivity index (χ2v) is 6.79. The van der Waals surface area contributed by atoms with Gasteiger partial charge in [0.25, 0.3) is 5.91 Å². The molecule has 2 saturated heterocycles. The van der Waals surface area contributed by atoms with Gasteiger partial charge in [0.05, 0.1) is 18.4 Å². The molecular weight excluding hydrogens is 371 g/mol. The minimum atomic E-state index is -0.640. The Morgan fingerprint density at radius 2 is 2.18 bits per heavy atom. The Labute approximate surface area is 161 Å². The summed E-state index contributed by atoms with van der Waals surface area (Å²) in [6.45, 7) is 1.32. The van der Waals surface area contributed by atoms with Gasteiger partial charge in [0.15, 0.2) is 0 Å². The van der Waals surface area contributed by atoms with Crippen molar-refractivity contribution in [2.45, 2.75) is 12.5 Å². The van der Waals surface area contributed by atoms with Crippen molar-refractivity contribution in [1.29, 1.82) is 0 Å². The van der Waals surface area contributed by atoms with Gasteiger partial charge in [-0.2, -0.15) is 0 Å². The molecule has 2 atom stereocenters. The molecule has 1 unspecified atom stereocenters. The number of urea groups is 1. The van der Waals surface area contributed by atoms with Crippen LogP contribution in [-0.4, -0.2) is 68.8 Å². The highest BCUT2D eigenvalue weighted by Gasteiger charge is 2.36. The molecule has 28 heavy (non-hydrogen) atoms. The van der Waals surface area contributed by atoms with E-state index in [0.717, 1.165) is 0 Å². The van der Waals surface area contributed by atoms with E-state index in [1.165, 1.54) is 29.0 Å². The van der Waals surface area contributed by atoms with Gasteiger partial charge in [-0.3, -0.25) is 9.59 Å². The van der Waals surface area contributed by atoms with E-state index in [-0.39, 0.29) is 36.6 Å². The Morgan fingerprint density at radius 1 is 1.39 bits per heavy atom. The standard InChI is InChI=1S/C18H23FN4O5/c1-27-15-9-22(18(20)26)8-11(15)6-16(24)21-14-3-2-12(7-13(14)19)23-4-5-28-10-17(23)25/h2-3,7,11,15H,4-6,8-10H2,1H3,(H2,20,26)(H,21,24)/t11?,15-/m1/s1. The molecule has 3 N–H and O–H groups in total. The first-order chi connectivity index (χ1) is 13.4. The van der Waals surface area contributed by atoms with Crippen LogP contribution in [0.25, 0.3) is 0 Å². The van der Waals surface area contributed by atoms with E-state index in [1.807, 2.05) is 0 Å². The van der Waals surface area contributed by atoms with E-state index < -0.39 is 17.8 Å². The first-order valence-electron chi connectivity index (χ1n) is 8.93. The summed E-state index contributed by atoms with van der Waals surface area (Å²) >= 11 is 0. The number of hydrogen-bond acceptors (Lipinski definition) is 5. The summed E-state index contributed by atoms with van der Waals surface area (Å²) in [4.78, 5) is 38.4. The summed E-state index contributed by atoms with van der Waals surface area (Å²) in [5, 5.41) is 2.53. The second kappa shape index (κ2) is 8.53. The average molecular weight is 394 g/mol. The highest BCUT2D eigenvalue weighted by Crippen LogP contribution is 2.26. The number of carbonyl (C=O) groups excluding carboxylic acids is 3. The van der Waals surface area contributed by atoms with Gasteiger partial charge in [-0.15, -0.1) is 0 Å². The molecule has 0 spiro atoms. The van der Waals surface area contributed by atoms with E-state index >= 15 is 0 Å². The van der Waals surface area contributed by atoms with Gasteiger partial charge in [0.2, 0.25) is 5.91 Å². The average Bonchev–Trinajstić information content (AvgIpc) is 3.07. The number of primary amides is 1. The lowest BCUT2D eigenvalue weighted by atomic mass is 10.0.